The second-order valence-electron chi connectivity index (χ2n) is 4.30. The van der Waals surface area contributed by atoms with E-state index in [1.54, 1.807) is 11.3 Å². The van der Waals surface area contributed by atoms with Crippen LogP contribution in [0.4, 0.5) is 0 Å². The molecule has 0 spiro atoms. The number of hydrogen-bond acceptors (Lipinski definition) is 3. The number of nitrogens with zero attached hydrogens (tertiary/aromatic N) is 1. The molecule has 1 aromatic heterocycles. The highest BCUT2D eigenvalue weighted by atomic mass is 32.1. The number of aromatic nitrogens is 1. The van der Waals surface area contributed by atoms with Crippen molar-refractivity contribution in [3.05, 3.63) is 16.1 Å². The Kier molecular flexibility index (Phi) is 3.19. The zero-order valence-corrected chi connectivity index (χ0v) is 9.73. The van der Waals surface area contributed by atoms with E-state index in [0.717, 1.165) is 29.9 Å². The molecule has 0 amide bonds. The predicted octanol–water partition coefficient (Wildman–Crippen LogP) is 2.59. The van der Waals surface area contributed by atoms with E-state index in [1.165, 1.54) is 18.5 Å². The summed E-state index contributed by atoms with van der Waals surface area (Å²) in [5.41, 5.74) is 1.19. The van der Waals surface area contributed by atoms with Gasteiger partial charge in [0.25, 0.3) is 0 Å². The maximum absolute atomic E-state index is 4.42. The summed E-state index contributed by atoms with van der Waals surface area (Å²) in [6.45, 7) is 6.47. The highest BCUT2D eigenvalue weighted by molar-refractivity contribution is 7.09. The van der Waals surface area contributed by atoms with Crippen LogP contribution in [0.3, 0.4) is 0 Å². The maximum Gasteiger partial charge on any atom is 0.0897 e. The summed E-state index contributed by atoms with van der Waals surface area (Å²) in [5, 5.41) is 6.79. The van der Waals surface area contributed by atoms with Gasteiger partial charge < -0.3 is 5.32 Å². The van der Waals surface area contributed by atoms with E-state index in [9.17, 15) is 0 Å². The van der Waals surface area contributed by atoms with Crippen molar-refractivity contribution >= 4 is 11.3 Å². The van der Waals surface area contributed by atoms with Crippen LogP contribution in [0.2, 0.25) is 0 Å². The first-order valence-corrected chi connectivity index (χ1v) is 6.25. The summed E-state index contributed by atoms with van der Waals surface area (Å²) < 4.78 is 0. The van der Waals surface area contributed by atoms with Gasteiger partial charge in [0, 0.05) is 11.9 Å². The molecule has 14 heavy (non-hydrogen) atoms. The van der Waals surface area contributed by atoms with E-state index in [-0.39, 0.29) is 0 Å². The number of nitrogens with one attached hydrogen (secondary N) is 1. The molecular weight excluding hydrogens is 192 g/mol. The number of rotatable bonds is 5. The fourth-order valence-corrected chi connectivity index (χ4v) is 2.36. The SMILES string of the molecule is Cc1nc(CNCC(C)C2CC2)cs1. The first-order chi connectivity index (χ1) is 6.75. The van der Waals surface area contributed by atoms with Gasteiger partial charge in [-0.05, 0) is 38.1 Å². The Labute approximate surface area is 89.8 Å². The van der Waals surface area contributed by atoms with E-state index in [1.807, 2.05) is 0 Å². The standard InChI is InChI=1S/C11H18N2S/c1-8(10-3-4-10)5-12-6-11-7-14-9(2)13-11/h7-8,10,12H,3-6H2,1-2H3. The third-order valence-corrected chi connectivity index (χ3v) is 3.69. The Bertz CT molecular complexity index is 291. The first-order valence-electron chi connectivity index (χ1n) is 5.37. The largest absolute Gasteiger partial charge is 0.311 e. The van der Waals surface area contributed by atoms with Gasteiger partial charge in [-0.25, -0.2) is 4.98 Å². The summed E-state index contributed by atoms with van der Waals surface area (Å²) in [5.74, 6) is 1.84. The average molecular weight is 210 g/mol. The second kappa shape index (κ2) is 4.41. The quantitative estimate of drug-likeness (QED) is 0.808. The molecule has 78 valence electrons. The third kappa shape index (κ3) is 2.79. The van der Waals surface area contributed by atoms with Crippen LogP contribution >= 0.6 is 11.3 Å². The van der Waals surface area contributed by atoms with E-state index in [2.05, 4.69) is 29.5 Å². The molecule has 1 aliphatic carbocycles. The summed E-state index contributed by atoms with van der Waals surface area (Å²) in [4.78, 5) is 4.42. The number of hydrogen-bond donors (Lipinski definition) is 1. The molecule has 2 nitrogen and oxygen atoms in total. The van der Waals surface area contributed by atoms with Crippen molar-refractivity contribution in [2.75, 3.05) is 6.54 Å². The molecule has 1 N–H and O–H groups in total. The zero-order chi connectivity index (χ0) is 9.97. The van der Waals surface area contributed by atoms with Crippen molar-refractivity contribution in [2.45, 2.75) is 33.2 Å². The normalized spacial score (nSPS) is 18.4. The lowest BCUT2D eigenvalue weighted by Crippen LogP contribution is -2.21. The van der Waals surface area contributed by atoms with Gasteiger partial charge in [-0.15, -0.1) is 11.3 Å². The van der Waals surface area contributed by atoms with Crippen LogP contribution in [0.5, 0.6) is 0 Å². The molecule has 2 rings (SSSR count). The molecule has 0 saturated heterocycles. The van der Waals surface area contributed by atoms with E-state index < -0.39 is 0 Å². The molecule has 0 bridgehead atoms. The predicted molar refractivity (Wildman–Crippen MR) is 60.4 cm³/mol. The highest BCUT2D eigenvalue weighted by Gasteiger charge is 2.27. The van der Waals surface area contributed by atoms with Crippen LogP contribution in [0.25, 0.3) is 0 Å². The van der Waals surface area contributed by atoms with Gasteiger partial charge in [0.2, 0.25) is 0 Å². The summed E-state index contributed by atoms with van der Waals surface area (Å²) >= 11 is 1.73. The summed E-state index contributed by atoms with van der Waals surface area (Å²) in [7, 11) is 0. The minimum atomic E-state index is 0.842. The summed E-state index contributed by atoms with van der Waals surface area (Å²) in [6.07, 6.45) is 2.89. The second-order valence-corrected chi connectivity index (χ2v) is 5.37. The molecule has 1 aromatic rings. The van der Waals surface area contributed by atoms with Crippen LogP contribution in [-0.4, -0.2) is 11.5 Å². The zero-order valence-electron chi connectivity index (χ0n) is 8.92. The Balaban J connectivity index is 1.67. The molecule has 1 unspecified atom stereocenters. The van der Waals surface area contributed by atoms with Crippen molar-refractivity contribution in [3.8, 4) is 0 Å². The van der Waals surface area contributed by atoms with Gasteiger partial charge in [0.15, 0.2) is 0 Å². The summed E-state index contributed by atoms with van der Waals surface area (Å²) in [6, 6.07) is 0. The first kappa shape index (κ1) is 10.1. The van der Waals surface area contributed by atoms with Gasteiger partial charge in [-0.3, -0.25) is 0 Å². The van der Waals surface area contributed by atoms with E-state index in [4.69, 9.17) is 0 Å². The fraction of sp³-hybridized carbons (Fsp3) is 0.727. The van der Waals surface area contributed by atoms with Gasteiger partial charge >= 0.3 is 0 Å². The molecule has 0 aromatic carbocycles. The Hall–Kier alpha value is -0.410. The minimum Gasteiger partial charge on any atom is -0.311 e. The molecule has 3 heteroatoms. The van der Waals surface area contributed by atoms with Gasteiger partial charge in [0.05, 0.1) is 10.7 Å². The molecule has 0 radical (unpaired) electrons. The molecule has 1 saturated carbocycles. The smallest absolute Gasteiger partial charge is 0.0897 e. The average Bonchev–Trinajstić information content (AvgIpc) is 2.92. The van der Waals surface area contributed by atoms with Crippen LogP contribution in [0.15, 0.2) is 5.38 Å². The topological polar surface area (TPSA) is 24.9 Å². The molecule has 1 heterocycles. The van der Waals surface area contributed by atoms with Crippen molar-refractivity contribution in [3.63, 3.8) is 0 Å². The minimum absolute atomic E-state index is 0.842. The van der Waals surface area contributed by atoms with Crippen LogP contribution in [-0.2, 0) is 6.54 Å². The van der Waals surface area contributed by atoms with Crippen LogP contribution < -0.4 is 5.32 Å². The van der Waals surface area contributed by atoms with Gasteiger partial charge in [-0.1, -0.05) is 6.92 Å². The van der Waals surface area contributed by atoms with E-state index in [0.29, 0.717) is 0 Å². The van der Waals surface area contributed by atoms with Crippen molar-refractivity contribution in [1.29, 1.82) is 0 Å². The number of aryl methyl sites for hydroxylation is 1. The third-order valence-electron chi connectivity index (χ3n) is 2.87. The molecular formula is C11H18N2S. The Morgan fingerprint density at radius 2 is 2.43 bits per heavy atom. The maximum atomic E-state index is 4.42. The molecule has 1 aliphatic rings. The van der Waals surface area contributed by atoms with E-state index >= 15 is 0 Å². The fourth-order valence-electron chi connectivity index (χ4n) is 1.75. The van der Waals surface area contributed by atoms with Crippen molar-refractivity contribution in [2.24, 2.45) is 11.8 Å². The van der Waals surface area contributed by atoms with Crippen molar-refractivity contribution < 1.29 is 0 Å². The van der Waals surface area contributed by atoms with Gasteiger partial charge in [0.1, 0.15) is 0 Å². The molecule has 1 fully saturated rings. The monoisotopic (exact) mass is 210 g/mol. The Morgan fingerprint density at radius 3 is 3.00 bits per heavy atom. The van der Waals surface area contributed by atoms with Crippen molar-refractivity contribution in [1.82, 2.24) is 10.3 Å². The molecule has 0 aliphatic heterocycles. The van der Waals surface area contributed by atoms with Gasteiger partial charge in [-0.2, -0.15) is 0 Å². The molecule has 1 atom stereocenters. The highest BCUT2D eigenvalue weighted by Crippen LogP contribution is 2.36. The lowest BCUT2D eigenvalue weighted by atomic mass is 10.1. The lowest BCUT2D eigenvalue weighted by Gasteiger charge is -2.09. The van der Waals surface area contributed by atoms with Crippen LogP contribution in [0, 0.1) is 18.8 Å². The lowest BCUT2D eigenvalue weighted by molar-refractivity contribution is 0.460. The Morgan fingerprint density at radius 1 is 1.64 bits per heavy atom. The van der Waals surface area contributed by atoms with Crippen LogP contribution in [0.1, 0.15) is 30.5 Å². The number of thiazole rings is 1.